The number of carbonyl (C=O) groups excluding carboxylic acids is 1. The number of aromatic nitrogens is 1. The summed E-state index contributed by atoms with van der Waals surface area (Å²) in [5.41, 5.74) is 1.18. The molecule has 7 heteroatoms. The third-order valence-electron chi connectivity index (χ3n) is 4.56. The summed E-state index contributed by atoms with van der Waals surface area (Å²) in [5, 5.41) is 3.01. The van der Waals surface area contributed by atoms with Crippen LogP contribution in [0.1, 0.15) is 48.0 Å². The number of benzene rings is 1. The molecule has 6 nitrogen and oxygen atoms in total. The SMILES string of the molecule is O=C(NC1CCCCC1)c1cccc(S(=O)(=O)NCc2ccncc2)c1. The molecule has 26 heavy (non-hydrogen) atoms. The molecule has 0 bridgehead atoms. The van der Waals surface area contributed by atoms with Crippen molar-refractivity contribution in [3.63, 3.8) is 0 Å². The second kappa shape index (κ2) is 8.42. The average Bonchev–Trinajstić information content (AvgIpc) is 2.68. The van der Waals surface area contributed by atoms with Crippen LogP contribution in [-0.2, 0) is 16.6 Å². The molecule has 0 atom stereocenters. The summed E-state index contributed by atoms with van der Waals surface area (Å²) < 4.78 is 27.6. The highest BCUT2D eigenvalue weighted by molar-refractivity contribution is 7.89. The Morgan fingerprint density at radius 2 is 1.81 bits per heavy atom. The number of nitrogens with zero attached hydrogens (tertiary/aromatic N) is 1. The third-order valence-corrected chi connectivity index (χ3v) is 5.96. The molecule has 0 radical (unpaired) electrons. The van der Waals surface area contributed by atoms with Gasteiger partial charge in [0.1, 0.15) is 0 Å². The van der Waals surface area contributed by atoms with E-state index in [1.54, 1.807) is 36.7 Å². The van der Waals surface area contributed by atoms with Gasteiger partial charge in [-0.15, -0.1) is 0 Å². The summed E-state index contributed by atoms with van der Waals surface area (Å²) in [6.45, 7) is 0.170. The van der Waals surface area contributed by atoms with Gasteiger partial charge in [0.05, 0.1) is 4.90 Å². The molecule has 1 aliphatic rings. The first-order chi connectivity index (χ1) is 12.5. The van der Waals surface area contributed by atoms with Gasteiger partial charge >= 0.3 is 0 Å². The van der Waals surface area contributed by atoms with Crippen LogP contribution in [0.25, 0.3) is 0 Å². The zero-order chi connectivity index (χ0) is 18.4. The van der Waals surface area contributed by atoms with Crippen LogP contribution in [0.15, 0.2) is 53.7 Å². The van der Waals surface area contributed by atoms with Gasteiger partial charge in [0.15, 0.2) is 0 Å². The van der Waals surface area contributed by atoms with Gasteiger partial charge in [-0.2, -0.15) is 0 Å². The maximum Gasteiger partial charge on any atom is 0.251 e. The lowest BCUT2D eigenvalue weighted by atomic mass is 9.95. The van der Waals surface area contributed by atoms with E-state index >= 15 is 0 Å². The summed E-state index contributed by atoms with van der Waals surface area (Å²) in [4.78, 5) is 16.4. The molecule has 1 saturated carbocycles. The van der Waals surface area contributed by atoms with Crippen LogP contribution in [0, 0.1) is 0 Å². The smallest absolute Gasteiger partial charge is 0.251 e. The third kappa shape index (κ3) is 4.89. The van der Waals surface area contributed by atoms with Crippen LogP contribution in [0.2, 0.25) is 0 Å². The highest BCUT2D eigenvalue weighted by Crippen LogP contribution is 2.18. The fraction of sp³-hybridized carbons (Fsp3) is 0.368. The Kier molecular flexibility index (Phi) is 6.00. The van der Waals surface area contributed by atoms with Crippen molar-refractivity contribution in [2.24, 2.45) is 0 Å². The molecule has 0 spiro atoms. The molecule has 1 heterocycles. The number of sulfonamides is 1. The Bertz CT molecular complexity index is 847. The van der Waals surface area contributed by atoms with Crippen molar-refractivity contribution in [3.05, 3.63) is 59.9 Å². The second-order valence-electron chi connectivity index (χ2n) is 6.52. The fourth-order valence-corrected chi connectivity index (χ4v) is 4.15. The van der Waals surface area contributed by atoms with Crippen molar-refractivity contribution in [2.45, 2.75) is 49.6 Å². The van der Waals surface area contributed by atoms with Crippen molar-refractivity contribution < 1.29 is 13.2 Å². The van der Waals surface area contributed by atoms with Crippen molar-refractivity contribution >= 4 is 15.9 Å². The quantitative estimate of drug-likeness (QED) is 0.815. The predicted molar refractivity (Wildman–Crippen MR) is 99.0 cm³/mol. The summed E-state index contributed by atoms with van der Waals surface area (Å²) >= 11 is 0. The predicted octanol–water partition coefficient (Wildman–Crippen LogP) is 2.62. The van der Waals surface area contributed by atoms with E-state index in [0.29, 0.717) is 5.56 Å². The molecule has 1 aromatic carbocycles. The number of carbonyl (C=O) groups is 1. The zero-order valence-electron chi connectivity index (χ0n) is 14.5. The van der Waals surface area contributed by atoms with Gasteiger partial charge in [-0.25, -0.2) is 13.1 Å². The molecule has 138 valence electrons. The van der Waals surface area contributed by atoms with Crippen LogP contribution in [0.3, 0.4) is 0 Å². The lowest BCUT2D eigenvalue weighted by Gasteiger charge is -2.22. The number of hydrogen-bond acceptors (Lipinski definition) is 4. The number of nitrogens with one attached hydrogen (secondary N) is 2. The maximum atomic E-state index is 12.5. The van der Waals surface area contributed by atoms with Crippen molar-refractivity contribution in [1.82, 2.24) is 15.0 Å². The van der Waals surface area contributed by atoms with Crippen LogP contribution >= 0.6 is 0 Å². The standard InChI is InChI=1S/C19H23N3O3S/c23-19(22-17-6-2-1-3-7-17)16-5-4-8-18(13-16)26(24,25)21-14-15-9-11-20-12-10-15/h4-5,8-13,17,21H,1-3,6-7,14H2,(H,22,23). The number of rotatable bonds is 6. The van der Waals surface area contributed by atoms with Crippen LogP contribution in [0.5, 0.6) is 0 Å². The molecule has 2 aromatic rings. The Labute approximate surface area is 154 Å². The van der Waals surface area contributed by atoms with E-state index in [0.717, 1.165) is 31.2 Å². The van der Waals surface area contributed by atoms with E-state index in [1.165, 1.54) is 18.6 Å². The molecule has 1 amide bonds. The van der Waals surface area contributed by atoms with Crippen LogP contribution in [-0.4, -0.2) is 25.4 Å². The molecule has 3 rings (SSSR count). The van der Waals surface area contributed by atoms with Gasteiger partial charge in [-0.05, 0) is 48.7 Å². The van der Waals surface area contributed by atoms with E-state index in [9.17, 15) is 13.2 Å². The summed E-state index contributed by atoms with van der Waals surface area (Å²) in [6.07, 6.45) is 8.65. The van der Waals surface area contributed by atoms with E-state index in [4.69, 9.17) is 0 Å². The summed E-state index contributed by atoms with van der Waals surface area (Å²) in [6, 6.07) is 9.82. The van der Waals surface area contributed by atoms with Crippen molar-refractivity contribution in [1.29, 1.82) is 0 Å². The average molecular weight is 373 g/mol. The Hall–Kier alpha value is -2.25. The largest absolute Gasteiger partial charge is 0.349 e. The maximum absolute atomic E-state index is 12.5. The van der Waals surface area contributed by atoms with Gasteiger partial charge in [-0.1, -0.05) is 25.3 Å². The molecular formula is C19H23N3O3S. The van der Waals surface area contributed by atoms with E-state index in [2.05, 4.69) is 15.0 Å². The monoisotopic (exact) mass is 373 g/mol. The van der Waals surface area contributed by atoms with Gasteiger partial charge in [0.25, 0.3) is 5.91 Å². The van der Waals surface area contributed by atoms with E-state index in [-0.39, 0.29) is 23.4 Å². The number of amides is 1. The summed E-state index contributed by atoms with van der Waals surface area (Å²) in [7, 11) is -3.70. The molecule has 0 saturated heterocycles. The minimum absolute atomic E-state index is 0.0860. The Morgan fingerprint density at radius 3 is 2.54 bits per heavy atom. The summed E-state index contributed by atoms with van der Waals surface area (Å²) in [5.74, 6) is -0.219. The highest BCUT2D eigenvalue weighted by atomic mass is 32.2. The normalized spacial score (nSPS) is 15.5. The number of pyridine rings is 1. The van der Waals surface area contributed by atoms with Crippen molar-refractivity contribution in [3.8, 4) is 0 Å². The molecule has 1 aliphatic carbocycles. The van der Waals surface area contributed by atoms with E-state index in [1.807, 2.05) is 0 Å². The molecule has 2 N–H and O–H groups in total. The lowest BCUT2D eigenvalue weighted by molar-refractivity contribution is 0.0927. The second-order valence-corrected chi connectivity index (χ2v) is 8.28. The topological polar surface area (TPSA) is 88.2 Å². The van der Waals surface area contributed by atoms with Crippen LogP contribution < -0.4 is 10.0 Å². The van der Waals surface area contributed by atoms with Gasteiger partial charge in [-0.3, -0.25) is 9.78 Å². The molecular weight excluding hydrogens is 350 g/mol. The first-order valence-electron chi connectivity index (χ1n) is 8.84. The Balaban J connectivity index is 1.68. The molecule has 0 unspecified atom stereocenters. The fourth-order valence-electron chi connectivity index (χ4n) is 3.08. The van der Waals surface area contributed by atoms with Gasteiger partial charge in [0, 0.05) is 30.5 Å². The molecule has 0 aliphatic heterocycles. The Morgan fingerprint density at radius 1 is 1.08 bits per heavy atom. The highest BCUT2D eigenvalue weighted by Gasteiger charge is 2.19. The van der Waals surface area contributed by atoms with Gasteiger partial charge < -0.3 is 5.32 Å². The number of hydrogen-bond donors (Lipinski definition) is 2. The minimum Gasteiger partial charge on any atom is -0.349 e. The van der Waals surface area contributed by atoms with Crippen molar-refractivity contribution in [2.75, 3.05) is 0 Å². The first kappa shape index (κ1) is 18.5. The first-order valence-corrected chi connectivity index (χ1v) is 10.3. The molecule has 1 fully saturated rings. The molecule has 1 aromatic heterocycles. The van der Waals surface area contributed by atoms with Crippen LogP contribution in [0.4, 0.5) is 0 Å². The lowest BCUT2D eigenvalue weighted by Crippen LogP contribution is -2.36. The minimum atomic E-state index is -3.70. The van der Waals surface area contributed by atoms with Gasteiger partial charge in [0.2, 0.25) is 10.0 Å². The van der Waals surface area contributed by atoms with E-state index < -0.39 is 10.0 Å². The zero-order valence-corrected chi connectivity index (χ0v) is 15.3.